The van der Waals surface area contributed by atoms with Crippen molar-refractivity contribution in [2.24, 2.45) is 0 Å². The van der Waals surface area contributed by atoms with Crippen molar-refractivity contribution in [2.75, 3.05) is 7.11 Å². The molecule has 3 rings (SSSR count). The Morgan fingerprint density at radius 3 is 2.65 bits per heavy atom. The SMILES string of the molecule is COc1ccc2nc(-c3ccc(C(=O)O)cc3F)c(Cl)cc2c1. The normalized spacial score (nSPS) is 10.7. The molecular formula is C17H11ClFNO3. The maximum absolute atomic E-state index is 14.2. The Labute approximate surface area is 136 Å². The van der Waals surface area contributed by atoms with E-state index in [0.29, 0.717) is 11.3 Å². The van der Waals surface area contributed by atoms with Gasteiger partial charge in [0.05, 0.1) is 28.9 Å². The minimum absolute atomic E-state index is 0.132. The highest BCUT2D eigenvalue weighted by Gasteiger charge is 2.15. The molecule has 0 saturated heterocycles. The van der Waals surface area contributed by atoms with E-state index in [2.05, 4.69) is 4.98 Å². The second-order valence-corrected chi connectivity index (χ2v) is 5.28. The van der Waals surface area contributed by atoms with Gasteiger partial charge in [0.1, 0.15) is 11.6 Å². The number of halogens is 2. The number of nitrogens with zero attached hydrogens (tertiary/aromatic N) is 1. The Balaban J connectivity index is 2.16. The number of pyridine rings is 1. The molecule has 1 aromatic heterocycles. The zero-order valence-corrected chi connectivity index (χ0v) is 12.8. The monoisotopic (exact) mass is 331 g/mol. The Morgan fingerprint density at radius 1 is 1.22 bits per heavy atom. The maximum Gasteiger partial charge on any atom is 0.335 e. The van der Waals surface area contributed by atoms with Crippen molar-refractivity contribution in [3.8, 4) is 17.0 Å². The molecule has 0 amide bonds. The molecule has 0 bridgehead atoms. The number of methoxy groups -OCH3 is 1. The molecule has 0 radical (unpaired) electrons. The summed E-state index contributed by atoms with van der Waals surface area (Å²) >= 11 is 6.22. The second-order valence-electron chi connectivity index (χ2n) is 4.88. The number of hydrogen-bond acceptors (Lipinski definition) is 3. The predicted molar refractivity (Wildman–Crippen MR) is 85.7 cm³/mol. The van der Waals surface area contributed by atoms with Gasteiger partial charge in [0.25, 0.3) is 0 Å². The topological polar surface area (TPSA) is 59.4 Å². The summed E-state index contributed by atoms with van der Waals surface area (Å²) < 4.78 is 19.4. The third-order valence-electron chi connectivity index (χ3n) is 3.45. The van der Waals surface area contributed by atoms with Crippen molar-refractivity contribution < 1.29 is 19.0 Å². The first-order chi connectivity index (χ1) is 11.0. The molecule has 0 aliphatic heterocycles. The second kappa shape index (κ2) is 5.85. The van der Waals surface area contributed by atoms with Crippen molar-refractivity contribution in [3.05, 3.63) is 58.9 Å². The minimum atomic E-state index is -1.19. The Hall–Kier alpha value is -2.66. The first-order valence-corrected chi connectivity index (χ1v) is 7.05. The molecule has 0 aliphatic rings. The largest absolute Gasteiger partial charge is 0.497 e. The van der Waals surface area contributed by atoms with Crippen LogP contribution in [0.4, 0.5) is 4.39 Å². The van der Waals surface area contributed by atoms with Gasteiger partial charge in [-0.25, -0.2) is 14.2 Å². The van der Waals surface area contributed by atoms with E-state index >= 15 is 0 Å². The van der Waals surface area contributed by atoms with Crippen LogP contribution in [0, 0.1) is 5.82 Å². The quantitative estimate of drug-likeness (QED) is 0.772. The fourth-order valence-electron chi connectivity index (χ4n) is 2.28. The molecule has 4 nitrogen and oxygen atoms in total. The number of benzene rings is 2. The van der Waals surface area contributed by atoms with E-state index in [0.717, 1.165) is 11.5 Å². The Bertz CT molecular complexity index is 927. The van der Waals surface area contributed by atoms with Gasteiger partial charge >= 0.3 is 5.97 Å². The molecular weight excluding hydrogens is 321 g/mol. The van der Waals surface area contributed by atoms with Crippen LogP contribution in [0.3, 0.4) is 0 Å². The summed E-state index contributed by atoms with van der Waals surface area (Å²) in [5.74, 6) is -1.22. The molecule has 0 atom stereocenters. The van der Waals surface area contributed by atoms with E-state index in [9.17, 15) is 9.18 Å². The molecule has 116 valence electrons. The van der Waals surface area contributed by atoms with Crippen LogP contribution in [0.15, 0.2) is 42.5 Å². The van der Waals surface area contributed by atoms with E-state index in [-0.39, 0.29) is 21.8 Å². The van der Waals surface area contributed by atoms with Gasteiger partial charge in [0.2, 0.25) is 0 Å². The lowest BCUT2D eigenvalue weighted by molar-refractivity contribution is 0.0696. The number of rotatable bonds is 3. The van der Waals surface area contributed by atoms with Gasteiger partial charge in [-0.2, -0.15) is 0 Å². The van der Waals surface area contributed by atoms with Crippen LogP contribution in [0.2, 0.25) is 5.02 Å². The first-order valence-electron chi connectivity index (χ1n) is 6.67. The van der Waals surface area contributed by atoms with Crippen LogP contribution >= 0.6 is 11.6 Å². The summed E-state index contributed by atoms with van der Waals surface area (Å²) in [5.41, 5.74) is 0.913. The highest BCUT2D eigenvalue weighted by Crippen LogP contribution is 2.32. The summed E-state index contributed by atoms with van der Waals surface area (Å²) in [5, 5.41) is 9.93. The molecule has 0 unspecified atom stereocenters. The average molecular weight is 332 g/mol. The summed E-state index contributed by atoms with van der Waals surface area (Å²) in [6.45, 7) is 0. The molecule has 0 aliphatic carbocycles. The highest BCUT2D eigenvalue weighted by molar-refractivity contribution is 6.33. The fourth-order valence-corrected chi connectivity index (χ4v) is 2.55. The van der Waals surface area contributed by atoms with Crippen LogP contribution < -0.4 is 4.74 Å². The van der Waals surface area contributed by atoms with Crippen LogP contribution in [0.1, 0.15) is 10.4 Å². The standard InChI is InChI=1S/C17H11ClFNO3/c1-23-11-3-5-15-10(6-11)7-13(18)16(20-15)12-4-2-9(17(21)22)8-14(12)19/h2-8H,1H3,(H,21,22). The Morgan fingerprint density at radius 2 is 2.00 bits per heavy atom. The molecule has 1 N–H and O–H groups in total. The van der Waals surface area contributed by atoms with Gasteiger partial charge in [-0.1, -0.05) is 11.6 Å². The van der Waals surface area contributed by atoms with E-state index < -0.39 is 11.8 Å². The van der Waals surface area contributed by atoms with Crippen LogP contribution in [-0.4, -0.2) is 23.2 Å². The molecule has 6 heteroatoms. The fraction of sp³-hybridized carbons (Fsp3) is 0.0588. The summed E-state index contributed by atoms with van der Waals surface area (Å²) in [6.07, 6.45) is 0. The summed E-state index contributed by atoms with van der Waals surface area (Å²) in [7, 11) is 1.56. The van der Waals surface area contributed by atoms with Gasteiger partial charge in [-0.05, 0) is 42.5 Å². The molecule has 2 aromatic carbocycles. The van der Waals surface area contributed by atoms with Gasteiger partial charge in [-0.15, -0.1) is 0 Å². The van der Waals surface area contributed by atoms with E-state index in [1.54, 1.807) is 31.4 Å². The van der Waals surface area contributed by atoms with Gasteiger partial charge < -0.3 is 9.84 Å². The Kier molecular flexibility index (Phi) is 3.88. The lowest BCUT2D eigenvalue weighted by Crippen LogP contribution is -1.98. The number of carboxylic acids is 1. The van der Waals surface area contributed by atoms with Crippen molar-refractivity contribution >= 4 is 28.5 Å². The molecule has 3 aromatic rings. The number of aromatic nitrogens is 1. The van der Waals surface area contributed by atoms with Gasteiger partial charge in [-0.3, -0.25) is 0 Å². The zero-order chi connectivity index (χ0) is 16.6. The van der Waals surface area contributed by atoms with Crippen LogP contribution in [0.25, 0.3) is 22.2 Å². The number of ether oxygens (including phenoxy) is 1. The highest BCUT2D eigenvalue weighted by atomic mass is 35.5. The number of hydrogen-bond donors (Lipinski definition) is 1. The van der Waals surface area contributed by atoms with E-state index in [1.165, 1.54) is 12.1 Å². The number of carboxylic acid groups (broad SMARTS) is 1. The van der Waals surface area contributed by atoms with Gasteiger partial charge in [0, 0.05) is 10.9 Å². The lowest BCUT2D eigenvalue weighted by atomic mass is 10.1. The van der Waals surface area contributed by atoms with Crippen molar-refractivity contribution in [1.82, 2.24) is 4.98 Å². The number of fused-ring (bicyclic) bond motifs is 1. The van der Waals surface area contributed by atoms with E-state index in [1.807, 2.05) is 0 Å². The summed E-state index contributed by atoms with van der Waals surface area (Å²) in [4.78, 5) is 15.3. The minimum Gasteiger partial charge on any atom is -0.497 e. The maximum atomic E-state index is 14.2. The molecule has 1 heterocycles. The van der Waals surface area contributed by atoms with Crippen LogP contribution in [0.5, 0.6) is 5.75 Å². The first kappa shape index (κ1) is 15.2. The predicted octanol–water partition coefficient (Wildman–Crippen LogP) is 4.40. The number of carbonyl (C=O) groups is 1. The molecule has 23 heavy (non-hydrogen) atoms. The smallest absolute Gasteiger partial charge is 0.335 e. The molecule has 0 saturated carbocycles. The van der Waals surface area contributed by atoms with Crippen LogP contribution in [-0.2, 0) is 0 Å². The van der Waals surface area contributed by atoms with Crippen molar-refractivity contribution in [3.63, 3.8) is 0 Å². The third-order valence-corrected chi connectivity index (χ3v) is 3.73. The molecule has 0 fully saturated rings. The van der Waals surface area contributed by atoms with Crippen molar-refractivity contribution in [1.29, 1.82) is 0 Å². The lowest BCUT2D eigenvalue weighted by Gasteiger charge is -2.09. The van der Waals surface area contributed by atoms with Gasteiger partial charge in [0.15, 0.2) is 0 Å². The summed E-state index contributed by atoms with van der Waals surface area (Å²) in [6, 6.07) is 10.6. The zero-order valence-electron chi connectivity index (χ0n) is 12.0. The van der Waals surface area contributed by atoms with Crippen molar-refractivity contribution in [2.45, 2.75) is 0 Å². The molecule has 0 spiro atoms. The van der Waals surface area contributed by atoms with E-state index in [4.69, 9.17) is 21.4 Å². The third kappa shape index (κ3) is 2.83. The number of aromatic carboxylic acids is 1. The average Bonchev–Trinajstić information content (AvgIpc) is 2.53.